The van der Waals surface area contributed by atoms with E-state index in [4.69, 9.17) is 0 Å². The molecule has 0 unspecified atom stereocenters. The van der Waals surface area contributed by atoms with Gasteiger partial charge in [-0.1, -0.05) is 60.7 Å². The molecule has 0 saturated carbocycles. The van der Waals surface area contributed by atoms with Crippen LogP contribution in [-0.2, 0) is 4.79 Å². The molecule has 1 aliphatic rings. The lowest BCUT2D eigenvalue weighted by atomic mass is 9.99. The third-order valence-electron chi connectivity index (χ3n) is 4.55. The summed E-state index contributed by atoms with van der Waals surface area (Å²) < 4.78 is 0. The second-order valence-electron chi connectivity index (χ2n) is 6.20. The summed E-state index contributed by atoms with van der Waals surface area (Å²) in [7, 11) is 0. The maximum atomic E-state index is 12.7. The molecule has 0 atom stereocenters. The number of carbonyl (C=O) groups is 2. The van der Waals surface area contributed by atoms with Crippen molar-refractivity contribution in [2.75, 3.05) is 26.2 Å². The molecule has 1 N–H and O–H groups in total. The molecule has 0 aromatic heterocycles. The van der Waals surface area contributed by atoms with Crippen LogP contribution in [0.4, 0.5) is 4.79 Å². The smallest absolute Gasteiger partial charge is 0.318 e. The number of hydrogen-bond donors (Lipinski definition) is 1. The van der Waals surface area contributed by atoms with E-state index in [-0.39, 0.29) is 18.0 Å². The van der Waals surface area contributed by atoms with Gasteiger partial charge < -0.3 is 15.1 Å². The highest BCUT2D eigenvalue weighted by Crippen LogP contribution is 2.22. The van der Waals surface area contributed by atoms with E-state index < -0.39 is 0 Å². The molecule has 25 heavy (non-hydrogen) atoms. The van der Waals surface area contributed by atoms with Crippen LogP contribution in [0.15, 0.2) is 60.7 Å². The van der Waals surface area contributed by atoms with Crippen LogP contribution in [0.3, 0.4) is 0 Å². The van der Waals surface area contributed by atoms with Crippen LogP contribution >= 0.6 is 0 Å². The van der Waals surface area contributed by atoms with E-state index in [0.717, 1.165) is 11.1 Å². The summed E-state index contributed by atoms with van der Waals surface area (Å²) in [6.07, 6.45) is 0. The average molecular weight is 337 g/mol. The molecule has 1 heterocycles. The van der Waals surface area contributed by atoms with Crippen molar-refractivity contribution in [3.8, 4) is 0 Å². The summed E-state index contributed by atoms with van der Waals surface area (Å²) in [6, 6.07) is 19.6. The molecule has 3 amide bonds. The third kappa shape index (κ3) is 4.18. The minimum Gasteiger partial charge on any atom is -0.339 e. The molecular formula is C20H23N3O2. The summed E-state index contributed by atoms with van der Waals surface area (Å²) in [6.45, 7) is 3.86. The van der Waals surface area contributed by atoms with Crippen LogP contribution in [0.25, 0.3) is 0 Å². The molecule has 1 aliphatic heterocycles. The normalized spacial score (nSPS) is 14.5. The first-order valence-corrected chi connectivity index (χ1v) is 8.56. The van der Waals surface area contributed by atoms with Crippen LogP contribution in [-0.4, -0.2) is 47.9 Å². The van der Waals surface area contributed by atoms with Crippen molar-refractivity contribution in [3.05, 3.63) is 71.8 Å². The zero-order valence-electron chi connectivity index (χ0n) is 14.4. The fraction of sp³-hybridized carbons (Fsp3) is 0.300. The molecule has 0 spiro atoms. The van der Waals surface area contributed by atoms with Gasteiger partial charge in [-0.15, -0.1) is 0 Å². The highest BCUT2D eigenvalue weighted by Gasteiger charge is 2.25. The lowest BCUT2D eigenvalue weighted by Gasteiger charge is -2.35. The van der Waals surface area contributed by atoms with Gasteiger partial charge in [-0.2, -0.15) is 0 Å². The average Bonchev–Trinajstić information content (AvgIpc) is 2.67. The predicted octanol–water partition coefficient (Wildman–Crippen LogP) is 2.65. The first kappa shape index (κ1) is 17.0. The molecule has 5 heteroatoms. The fourth-order valence-electron chi connectivity index (χ4n) is 3.09. The lowest BCUT2D eigenvalue weighted by Crippen LogP contribution is -2.53. The number of piperazine rings is 1. The van der Waals surface area contributed by atoms with Crippen molar-refractivity contribution >= 4 is 11.9 Å². The fourth-order valence-corrected chi connectivity index (χ4v) is 3.09. The minimum absolute atomic E-state index is 0.0616. The van der Waals surface area contributed by atoms with Crippen molar-refractivity contribution in [3.63, 3.8) is 0 Å². The van der Waals surface area contributed by atoms with E-state index in [9.17, 15) is 9.59 Å². The molecule has 0 radical (unpaired) electrons. The van der Waals surface area contributed by atoms with E-state index in [2.05, 4.69) is 5.32 Å². The van der Waals surface area contributed by atoms with E-state index >= 15 is 0 Å². The Hall–Kier alpha value is -2.82. The molecule has 1 fully saturated rings. The quantitative estimate of drug-likeness (QED) is 0.936. The molecule has 5 nitrogen and oxygen atoms in total. The van der Waals surface area contributed by atoms with Crippen molar-refractivity contribution < 1.29 is 9.59 Å². The van der Waals surface area contributed by atoms with Gasteiger partial charge in [0.2, 0.25) is 5.91 Å². The summed E-state index contributed by atoms with van der Waals surface area (Å²) >= 11 is 0. The molecular weight excluding hydrogens is 314 g/mol. The van der Waals surface area contributed by atoms with Gasteiger partial charge in [0.05, 0.1) is 6.04 Å². The number of rotatable bonds is 3. The highest BCUT2D eigenvalue weighted by molar-refractivity contribution is 5.77. The number of benzene rings is 2. The van der Waals surface area contributed by atoms with E-state index in [1.165, 1.54) is 0 Å². The summed E-state index contributed by atoms with van der Waals surface area (Å²) in [5.74, 6) is 0.0616. The predicted molar refractivity (Wildman–Crippen MR) is 97.1 cm³/mol. The van der Waals surface area contributed by atoms with Gasteiger partial charge in [0.25, 0.3) is 0 Å². The van der Waals surface area contributed by atoms with Crippen LogP contribution < -0.4 is 5.32 Å². The van der Waals surface area contributed by atoms with Gasteiger partial charge in [0.1, 0.15) is 0 Å². The maximum Gasteiger partial charge on any atom is 0.318 e. The van der Waals surface area contributed by atoms with Crippen molar-refractivity contribution in [2.45, 2.75) is 13.0 Å². The standard InChI is InChI=1S/C20H23N3O2/c1-16(24)22-12-14-23(15-13-22)20(25)21-19(17-8-4-2-5-9-17)18-10-6-3-7-11-18/h2-11,19H,12-15H2,1H3,(H,21,25). The van der Waals surface area contributed by atoms with Crippen molar-refractivity contribution in [1.29, 1.82) is 0 Å². The summed E-state index contributed by atoms with van der Waals surface area (Å²) in [5.41, 5.74) is 2.09. The number of hydrogen-bond acceptors (Lipinski definition) is 2. The van der Waals surface area contributed by atoms with Crippen LogP contribution in [0, 0.1) is 0 Å². The maximum absolute atomic E-state index is 12.7. The van der Waals surface area contributed by atoms with Crippen molar-refractivity contribution in [2.24, 2.45) is 0 Å². The van der Waals surface area contributed by atoms with Crippen molar-refractivity contribution in [1.82, 2.24) is 15.1 Å². The van der Waals surface area contributed by atoms with Crippen LogP contribution in [0.5, 0.6) is 0 Å². The Bertz CT molecular complexity index is 671. The third-order valence-corrected chi connectivity index (χ3v) is 4.55. The minimum atomic E-state index is -0.194. The molecule has 2 aromatic rings. The van der Waals surface area contributed by atoms with E-state index in [1.807, 2.05) is 60.7 Å². The van der Waals surface area contributed by atoms with Gasteiger partial charge in [-0.25, -0.2) is 4.79 Å². The Balaban J connectivity index is 1.73. The Morgan fingerprint density at radius 1 is 0.800 bits per heavy atom. The zero-order valence-corrected chi connectivity index (χ0v) is 14.4. The van der Waals surface area contributed by atoms with Gasteiger partial charge in [-0.3, -0.25) is 4.79 Å². The number of amides is 3. The number of nitrogens with one attached hydrogen (secondary N) is 1. The SMILES string of the molecule is CC(=O)N1CCN(C(=O)NC(c2ccccc2)c2ccccc2)CC1. The molecule has 2 aromatic carbocycles. The van der Waals surface area contributed by atoms with E-state index in [1.54, 1.807) is 16.7 Å². The van der Waals surface area contributed by atoms with E-state index in [0.29, 0.717) is 26.2 Å². The molecule has 130 valence electrons. The molecule has 3 rings (SSSR count). The Morgan fingerprint density at radius 2 is 1.24 bits per heavy atom. The first-order chi connectivity index (χ1) is 12.1. The monoisotopic (exact) mass is 337 g/mol. The van der Waals surface area contributed by atoms with Gasteiger partial charge in [-0.05, 0) is 11.1 Å². The Labute approximate surface area is 148 Å². The second kappa shape index (κ2) is 7.83. The summed E-state index contributed by atoms with van der Waals surface area (Å²) in [5, 5.41) is 3.15. The molecule has 0 bridgehead atoms. The number of urea groups is 1. The number of carbonyl (C=O) groups excluding carboxylic acids is 2. The Kier molecular flexibility index (Phi) is 5.33. The second-order valence-corrected chi connectivity index (χ2v) is 6.20. The topological polar surface area (TPSA) is 52.7 Å². The lowest BCUT2D eigenvalue weighted by molar-refractivity contribution is -0.130. The first-order valence-electron chi connectivity index (χ1n) is 8.56. The zero-order chi connectivity index (χ0) is 17.6. The van der Waals surface area contributed by atoms with Crippen LogP contribution in [0.2, 0.25) is 0 Å². The van der Waals surface area contributed by atoms with Crippen LogP contribution in [0.1, 0.15) is 24.1 Å². The number of nitrogens with zero attached hydrogens (tertiary/aromatic N) is 2. The van der Waals surface area contributed by atoms with Gasteiger partial charge in [0, 0.05) is 33.1 Å². The molecule has 1 saturated heterocycles. The Morgan fingerprint density at radius 3 is 1.68 bits per heavy atom. The van der Waals surface area contributed by atoms with Gasteiger partial charge in [0.15, 0.2) is 0 Å². The van der Waals surface area contributed by atoms with Gasteiger partial charge >= 0.3 is 6.03 Å². The highest BCUT2D eigenvalue weighted by atomic mass is 16.2. The summed E-state index contributed by atoms with van der Waals surface area (Å²) in [4.78, 5) is 27.7. The molecule has 0 aliphatic carbocycles. The largest absolute Gasteiger partial charge is 0.339 e.